The lowest BCUT2D eigenvalue weighted by Gasteiger charge is -1.97. The molecule has 0 radical (unpaired) electrons. The Kier molecular flexibility index (Phi) is 2.06. The molecule has 0 fully saturated rings. The van der Waals surface area contributed by atoms with E-state index in [1.807, 2.05) is 17.8 Å². The molecule has 56 valence electrons. The lowest BCUT2D eigenvalue weighted by atomic mass is 10.2. The van der Waals surface area contributed by atoms with Crippen molar-refractivity contribution in [2.45, 2.75) is 19.4 Å². The highest BCUT2D eigenvalue weighted by molar-refractivity contribution is 4.97. The summed E-state index contributed by atoms with van der Waals surface area (Å²) in [6, 6.07) is 0. The van der Waals surface area contributed by atoms with E-state index >= 15 is 0 Å². The molecule has 0 spiro atoms. The highest BCUT2D eigenvalue weighted by Crippen LogP contribution is 1.98. The molecular formula is C7H12N2O. The molecule has 0 aliphatic heterocycles. The van der Waals surface area contributed by atoms with Crippen molar-refractivity contribution in [2.75, 3.05) is 0 Å². The Morgan fingerprint density at radius 1 is 1.80 bits per heavy atom. The van der Waals surface area contributed by atoms with Gasteiger partial charge in [-0.05, 0) is 6.92 Å². The van der Waals surface area contributed by atoms with Crippen molar-refractivity contribution in [2.24, 2.45) is 7.05 Å². The summed E-state index contributed by atoms with van der Waals surface area (Å²) in [5.41, 5.74) is 0.942. The molecule has 1 unspecified atom stereocenters. The zero-order valence-corrected chi connectivity index (χ0v) is 6.28. The van der Waals surface area contributed by atoms with Crippen molar-refractivity contribution in [3.8, 4) is 0 Å². The number of aliphatic hydroxyl groups excluding tert-OH is 1. The summed E-state index contributed by atoms with van der Waals surface area (Å²) >= 11 is 0. The second-order valence-electron chi connectivity index (χ2n) is 2.58. The van der Waals surface area contributed by atoms with E-state index < -0.39 is 0 Å². The molecule has 1 N–H and O–H groups in total. The topological polar surface area (TPSA) is 38.0 Å². The molecule has 1 heterocycles. The predicted molar refractivity (Wildman–Crippen MR) is 38.6 cm³/mol. The molecule has 0 aromatic carbocycles. The predicted octanol–water partition coefficient (Wildman–Crippen LogP) is 0.343. The van der Waals surface area contributed by atoms with Gasteiger partial charge in [-0.2, -0.15) is 0 Å². The van der Waals surface area contributed by atoms with Crippen molar-refractivity contribution in [1.29, 1.82) is 0 Å². The quantitative estimate of drug-likeness (QED) is 0.643. The minimum atomic E-state index is -0.296. The summed E-state index contributed by atoms with van der Waals surface area (Å²) in [5.74, 6) is 0. The van der Waals surface area contributed by atoms with E-state index in [9.17, 15) is 0 Å². The fraction of sp³-hybridized carbons (Fsp3) is 0.571. The number of aliphatic hydroxyl groups is 1. The molecule has 0 saturated carbocycles. The lowest BCUT2D eigenvalue weighted by Crippen LogP contribution is -2.03. The second-order valence-corrected chi connectivity index (χ2v) is 2.58. The standard InChI is InChI=1S/C7H12N2O/c1-6(10)3-7-4-9(2)5-8-7/h4-6,10H,3H2,1-2H3. The zero-order chi connectivity index (χ0) is 7.56. The molecular weight excluding hydrogens is 128 g/mol. The van der Waals surface area contributed by atoms with Crippen LogP contribution in [0.2, 0.25) is 0 Å². The summed E-state index contributed by atoms with van der Waals surface area (Å²) in [7, 11) is 1.92. The van der Waals surface area contributed by atoms with Crippen molar-refractivity contribution in [1.82, 2.24) is 9.55 Å². The van der Waals surface area contributed by atoms with Gasteiger partial charge < -0.3 is 9.67 Å². The third-order valence-electron chi connectivity index (χ3n) is 1.26. The van der Waals surface area contributed by atoms with Crippen molar-refractivity contribution < 1.29 is 5.11 Å². The van der Waals surface area contributed by atoms with Gasteiger partial charge in [0.1, 0.15) is 0 Å². The van der Waals surface area contributed by atoms with Crippen LogP contribution in [0.25, 0.3) is 0 Å². The number of imidazole rings is 1. The maximum absolute atomic E-state index is 8.97. The fourth-order valence-electron chi connectivity index (χ4n) is 0.875. The number of aromatic nitrogens is 2. The highest BCUT2D eigenvalue weighted by Gasteiger charge is 2.00. The van der Waals surface area contributed by atoms with Crippen LogP contribution in [0.15, 0.2) is 12.5 Å². The Labute approximate surface area is 60.3 Å². The van der Waals surface area contributed by atoms with Gasteiger partial charge in [-0.15, -0.1) is 0 Å². The third-order valence-corrected chi connectivity index (χ3v) is 1.26. The summed E-state index contributed by atoms with van der Waals surface area (Å²) in [5, 5.41) is 8.97. The molecule has 0 amide bonds. The summed E-state index contributed by atoms with van der Waals surface area (Å²) in [4.78, 5) is 4.06. The van der Waals surface area contributed by atoms with Gasteiger partial charge in [0.05, 0.1) is 18.1 Å². The van der Waals surface area contributed by atoms with Gasteiger partial charge in [-0.1, -0.05) is 0 Å². The maximum atomic E-state index is 8.97. The molecule has 0 saturated heterocycles. The molecule has 0 aliphatic carbocycles. The van der Waals surface area contributed by atoms with Crippen molar-refractivity contribution in [3.05, 3.63) is 18.2 Å². The average molecular weight is 140 g/mol. The lowest BCUT2D eigenvalue weighted by molar-refractivity contribution is 0.194. The zero-order valence-electron chi connectivity index (χ0n) is 6.28. The van der Waals surface area contributed by atoms with Crippen LogP contribution < -0.4 is 0 Å². The van der Waals surface area contributed by atoms with Crippen LogP contribution >= 0.6 is 0 Å². The number of hydrogen-bond acceptors (Lipinski definition) is 2. The van der Waals surface area contributed by atoms with E-state index in [1.165, 1.54) is 0 Å². The second kappa shape index (κ2) is 2.84. The number of aryl methyl sites for hydroxylation is 1. The van der Waals surface area contributed by atoms with Gasteiger partial charge in [-0.3, -0.25) is 0 Å². The number of hydrogen-bond donors (Lipinski definition) is 1. The van der Waals surface area contributed by atoms with Crippen LogP contribution in [-0.4, -0.2) is 20.8 Å². The van der Waals surface area contributed by atoms with E-state index in [-0.39, 0.29) is 6.10 Å². The Morgan fingerprint density at radius 3 is 2.90 bits per heavy atom. The third kappa shape index (κ3) is 1.84. The van der Waals surface area contributed by atoms with Gasteiger partial charge >= 0.3 is 0 Å². The van der Waals surface area contributed by atoms with E-state index in [1.54, 1.807) is 13.3 Å². The SMILES string of the molecule is CC(O)Cc1cn(C)cn1. The van der Waals surface area contributed by atoms with Crippen LogP contribution in [-0.2, 0) is 13.5 Å². The molecule has 3 heteroatoms. The van der Waals surface area contributed by atoms with Crippen molar-refractivity contribution >= 4 is 0 Å². The molecule has 0 bridgehead atoms. The van der Waals surface area contributed by atoms with Gasteiger partial charge in [0.15, 0.2) is 0 Å². The molecule has 0 aliphatic rings. The average Bonchev–Trinajstić information content (AvgIpc) is 2.13. The Morgan fingerprint density at radius 2 is 2.50 bits per heavy atom. The molecule has 1 rings (SSSR count). The minimum absolute atomic E-state index is 0.296. The Hall–Kier alpha value is -0.830. The van der Waals surface area contributed by atoms with E-state index in [4.69, 9.17) is 5.11 Å². The van der Waals surface area contributed by atoms with Crippen molar-refractivity contribution in [3.63, 3.8) is 0 Å². The van der Waals surface area contributed by atoms with Gasteiger partial charge in [0.2, 0.25) is 0 Å². The van der Waals surface area contributed by atoms with Gasteiger partial charge in [-0.25, -0.2) is 4.98 Å². The van der Waals surface area contributed by atoms with Crippen LogP contribution in [0.4, 0.5) is 0 Å². The summed E-state index contributed by atoms with van der Waals surface area (Å²) in [6.07, 6.45) is 3.99. The van der Waals surface area contributed by atoms with Crippen LogP contribution in [0.1, 0.15) is 12.6 Å². The van der Waals surface area contributed by atoms with E-state index in [2.05, 4.69) is 4.98 Å². The smallest absolute Gasteiger partial charge is 0.0946 e. The first-order valence-corrected chi connectivity index (χ1v) is 3.33. The number of rotatable bonds is 2. The summed E-state index contributed by atoms with van der Waals surface area (Å²) < 4.78 is 1.87. The molecule has 1 aromatic heterocycles. The monoisotopic (exact) mass is 140 g/mol. The normalized spacial score (nSPS) is 13.5. The van der Waals surface area contributed by atoms with Gasteiger partial charge in [0.25, 0.3) is 0 Å². The van der Waals surface area contributed by atoms with Crippen LogP contribution in [0.5, 0.6) is 0 Å². The Bertz CT molecular complexity index is 205. The maximum Gasteiger partial charge on any atom is 0.0946 e. The first-order chi connectivity index (χ1) is 4.68. The molecule has 1 aromatic rings. The highest BCUT2D eigenvalue weighted by atomic mass is 16.3. The Balaban J connectivity index is 2.58. The van der Waals surface area contributed by atoms with Crippen LogP contribution in [0.3, 0.4) is 0 Å². The number of nitrogens with zero attached hydrogens (tertiary/aromatic N) is 2. The first-order valence-electron chi connectivity index (χ1n) is 3.33. The minimum Gasteiger partial charge on any atom is -0.393 e. The largest absolute Gasteiger partial charge is 0.393 e. The van der Waals surface area contributed by atoms with Crippen LogP contribution in [0, 0.1) is 0 Å². The molecule has 10 heavy (non-hydrogen) atoms. The first kappa shape index (κ1) is 7.28. The van der Waals surface area contributed by atoms with E-state index in [0.717, 1.165) is 5.69 Å². The summed E-state index contributed by atoms with van der Waals surface area (Å²) in [6.45, 7) is 1.76. The van der Waals surface area contributed by atoms with Gasteiger partial charge in [0, 0.05) is 19.7 Å². The fourth-order valence-corrected chi connectivity index (χ4v) is 0.875. The molecule has 3 nitrogen and oxygen atoms in total. The molecule has 1 atom stereocenters. The van der Waals surface area contributed by atoms with E-state index in [0.29, 0.717) is 6.42 Å².